The van der Waals surface area contributed by atoms with Gasteiger partial charge in [0, 0.05) is 18.7 Å². The Morgan fingerprint density at radius 3 is 2.80 bits per heavy atom. The summed E-state index contributed by atoms with van der Waals surface area (Å²) in [6, 6.07) is 9.98. The van der Waals surface area contributed by atoms with E-state index < -0.39 is 15.9 Å². The molecule has 2 heterocycles. The van der Waals surface area contributed by atoms with Gasteiger partial charge in [-0.3, -0.25) is 4.79 Å². The molecular formula is C17H19N3O4S. The van der Waals surface area contributed by atoms with Crippen molar-refractivity contribution >= 4 is 22.1 Å². The maximum atomic E-state index is 12.7. The number of hydrazone groups is 1. The Balaban J connectivity index is 1.63. The number of nitrogens with one attached hydrogen (secondary N) is 1. The highest BCUT2D eigenvalue weighted by Crippen LogP contribution is 2.23. The van der Waals surface area contributed by atoms with E-state index in [1.54, 1.807) is 36.4 Å². The summed E-state index contributed by atoms with van der Waals surface area (Å²) < 4.78 is 31.6. The molecule has 0 radical (unpaired) electrons. The van der Waals surface area contributed by atoms with Crippen LogP contribution in [0.2, 0.25) is 0 Å². The van der Waals surface area contributed by atoms with Gasteiger partial charge in [-0.2, -0.15) is 9.41 Å². The van der Waals surface area contributed by atoms with Gasteiger partial charge < -0.3 is 4.42 Å². The van der Waals surface area contributed by atoms with E-state index in [0.717, 1.165) is 5.56 Å². The summed E-state index contributed by atoms with van der Waals surface area (Å²) in [6.45, 7) is 0.573. The summed E-state index contributed by atoms with van der Waals surface area (Å²) in [6.07, 6.45) is 5.76. The lowest BCUT2D eigenvalue weighted by atomic mass is 9.99. The molecule has 2 aromatic rings. The van der Waals surface area contributed by atoms with Crippen molar-refractivity contribution in [1.29, 1.82) is 0 Å². The SMILES string of the molecule is O=C(N/N=C/c1ccoc1)C1CCCN(S(=O)(=O)c2ccccc2)C1. The Hall–Kier alpha value is -2.45. The van der Waals surface area contributed by atoms with Crippen LogP contribution in [0, 0.1) is 5.92 Å². The van der Waals surface area contributed by atoms with Crippen LogP contribution < -0.4 is 5.43 Å². The first-order valence-corrected chi connectivity index (χ1v) is 9.42. The molecule has 0 aliphatic carbocycles. The van der Waals surface area contributed by atoms with E-state index in [2.05, 4.69) is 10.5 Å². The number of amides is 1. The van der Waals surface area contributed by atoms with E-state index >= 15 is 0 Å². The molecule has 0 saturated carbocycles. The Kier molecular flexibility index (Phi) is 5.30. The van der Waals surface area contributed by atoms with Crippen LogP contribution in [0.1, 0.15) is 18.4 Å². The zero-order valence-corrected chi connectivity index (χ0v) is 14.4. The van der Waals surface area contributed by atoms with Crippen LogP contribution in [0.5, 0.6) is 0 Å². The Bertz CT molecular complexity index is 832. The third-order valence-corrected chi connectivity index (χ3v) is 5.95. The Morgan fingerprint density at radius 1 is 1.28 bits per heavy atom. The molecule has 1 aromatic heterocycles. The number of benzene rings is 1. The van der Waals surface area contributed by atoms with Crippen molar-refractivity contribution < 1.29 is 17.6 Å². The number of carbonyl (C=O) groups is 1. The number of sulfonamides is 1. The molecule has 1 amide bonds. The first-order valence-electron chi connectivity index (χ1n) is 7.98. The maximum absolute atomic E-state index is 12.7. The number of rotatable bonds is 5. The average Bonchev–Trinajstić information content (AvgIpc) is 3.16. The van der Waals surface area contributed by atoms with Gasteiger partial charge in [0.05, 0.1) is 29.6 Å². The number of hydrogen-bond acceptors (Lipinski definition) is 5. The van der Waals surface area contributed by atoms with Crippen molar-refractivity contribution in [2.75, 3.05) is 13.1 Å². The summed E-state index contributed by atoms with van der Waals surface area (Å²) in [5.74, 6) is -0.707. The van der Waals surface area contributed by atoms with E-state index in [1.807, 2.05) is 0 Å². The summed E-state index contributed by atoms with van der Waals surface area (Å²) in [5, 5.41) is 3.88. The molecular weight excluding hydrogens is 342 g/mol. The standard InChI is InChI=1S/C17H19N3O4S/c21-17(19-18-11-14-8-10-24-13-14)15-5-4-9-20(12-15)25(22,23)16-6-2-1-3-7-16/h1-3,6-8,10-11,13,15H,4-5,9,12H2,(H,19,21)/b18-11+. The largest absolute Gasteiger partial charge is 0.472 e. The average molecular weight is 361 g/mol. The van der Waals surface area contributed by atoms with Crippen molar-refractivity contribution in [2.24, 2.45) is 11.0 Å². The van der Waals surface area contributed by atoms with Gasteiger partial charge in [0.1, 0.15) is 0 Å². The molecule has 1 aliphatic heterocycles. The molecule has 8 heteroatoms. The molecule has 1 unspecified atom stereocenters. The fraction of sp³-hybridized carbons (Fsp3) is 0.294. The second-order valence-corrected chi connectivity index (χ2v) is 7.74. The van der Waals surface area contributed by atoms with E-state index in [0.29, 0.717) is 19.4 Å². The molecule has 1 atom stereocenters. The predicted octanol–water partition coefficient (Wildman–Crippen LogP) is 1.83. The molecule has 0 spiro atoms. The fourth-order valence-corrected chi connectivity index (χ4v) is 4.27. The van der Waals surface area contributed by atoms with Gasteiger partial charge >= 0.3 is 0 Å². The van der Waals surface area contributed by atoms with Crippen LogP contribution in [0.4, 0.5) is 0 Å². The zero-order valence-electron chi connectivity index (χ0n) is 13.5. The quantitative estimate of drug-likeness (QED) is 0.650. The van der Waals surface area contributed by atoms with Crippen LogP contribution in [0.15, 0.2) is 63.3 Å². The monoisotopic (exact) mass is 361 g/mol. The Labute approximate surface area is 146 Å². The first kappa shape index (κ1) is 17.4. The lowest BCUT2D eigenvalue weighted by molar-refractivity contribution is -0.126. The number of hydrogen-bond donors (Lipinski definition) is 1. The van der Waals surface area contributed by atoms with Crippen molar-refractivity contribution in [3.8, 4) is 0 Å². The van der Waals surface area contributed by atoms with Crippen molar-refractivity contribution in [3.05, 3.63) is 54.5 Å². The number of piperidine rings is 1. The lowest BCUT2D eigenvalue weighted by Crippen LogP contribution is -2.44. The molecule has 3 rings (SSSR count). The summed E-state index contributed by atoms with van der Waals surface area (Å²) in [4.78, 5) is 12.5. The van der Waals surface area contributed by atoms with Gasteiger partial charge in [-0.25, -0.2) is 13.8 Å². The number of carbonyl (C=O) groups excluding carboxylic acids is 1. The van der Waals surface area contributed by atoms with Crippen molar-refractivity contribution in [3.63, 3.8) is 0 Å². The molecule has 1 saturated heterocycles. The second kappa shape index (κ2) is 7.62. The highest BCUT2D eigenvalue weighted by molar-refractivity contribution is 7.89. The van der Waals surface area contributed by atoms with E-state index in [1.165, 1.54) is 23.0 Å². The van der Waals surface area contributed by atoms with Gasteiger partial charge in [-0.1, -0.05) is 18.2 Å². The lowest BCUT2D eigenvalue weighted by Gasteiger charge is -2.30. The fourth-order valence-electron chi connectivity index (χ4n) is 2.73. The van der Waals surface area contributed by atoms with E-state index in [4.69, 9.17) is 4.42 Å². The minimum Gasteiger partial charge on any atom is -0.472 e. The molecule has 25 heavy (non-hydrogen) atoms. The van der Waals surface area contributed by atoms with Gasteiger partial charge in [0.2, 0.25) is 15.9 Å². The summed E-state index contributed by atoms with van der Waals surface area (Å²) >= 11 is 0. The van der Waals surface area contributed by atoms with Crippen LogP contribution in [-0.4, -0.2) is 37.9 Å². The highest BCUT2D eigenvalue weighted by atomic mass is 32.2. The summed E-state index contributed by atoms with van der Waals surface area (Å²) in [5.41, 5.74) is 3.20. The van der Waals surface area contributed by atoms with Crippen molar-refractivity contribution in [1.82, 2.24) is 9.73 Å². The van der Waals surface area contributed by atoms with Gasteiger partial charge in [-0.15, -0.1) is 0 Å². The minimum absolute atomic E-state index is 0.157. The van der Waals surface area contributed by atoms with Gasteiger partial charge in [0.15, 0.2) is 0 Å². The molecule has 7 nitrogen and oxygen atoms in total. The molecule has 1 N–H and O–H groups in total. The van der Waals surface area contributed by atoms with E-state index in [-0.39, 0.29) is 17.3 Å². The number of nitrogens with zero attached hydrogens (tertiary/aromatic N) is 2. The molecule has 1 fully saturated rings. The molecule has 1 aliphatic rings. The van der Waals surface area contributed by atoms with E-state index in [9.17, 15) is 13.2 Å². The third kappa shape index (κ3) is 4.15. The van der Waals surface area contributed by atoms with Crippen LogP contribution in [0.25, 0.3) is 0 Å². The van der Waals surface area contributed by atoms with Crippen LogP contribution in [-0.2, 0) is 14.8 Å². The molecule has 132 valence electrons. The van der Waals surface area contributed by atoms with Crippen LogP contribution in [0.3, 0.4) is 0 Å². The Morgan fingerprint density at radius 2 is 2.08 bits per heavy atom. The minimum atomic E-state index is -3.58. The number of furan rings is 1. The maximum Gasteiger partial charge on any atom is 0.244 e. The van der Waals surface area contributed by atoms with Gasteiger partial charge in [0.25, 0.3) is 0 Å². The zero-order chi connectivity index (χ0) is 17.7. The third-order valence-electron chi connectivity index (χ3n) is 4.07. The van der Waals surface area contributed by atoms with Crippen LogP contribution >= 0.6 is 0 Å². The topological polar surface area (TPSA) is 92.0 Å². The highest BCUT2D eigenvalue weighted by Gasteiger charge is 2.33. The summed E-state index contributed by atoms with van der Waals surface area (Å²) in [7, 11) is -3.58. The predicted molar refractivity (Wildman–Crippen MR) is 92.4 cm³/mol. The normalized spacial score (nSPS) is 19.1. The smallest absolute Gasteiger partial charge is 0.244 e. The first-order chi connectivity index (χ1) is 12.1. The molecule has 1 aromatic carbocycles. The van der Waals surface area contributed by atoms with Crippen molar-refractivity contribution in [2.45, 2.75) is 17.7 Å². The second-order valence-electron chi connectivity index (χ2n) is 5.81. The van der Waals surface area contributed by atoms with Gasteiger partial charge in [-0.05, 0) is 31.0 Å². The molecule has 0 bridgehead atoms.